The van der Waals surface area contributed by atoms with Crippen molar-refractivity contribution in [2.75, 3.05) is 30.4 Å². The highest BCUT2D eigenvalue weighted by molar-refractivity contribution is 6.34. The average Bonchev–Trinajstić information content (AvgIpc) is 3.10. The van der Waals surface area contributed by atoms with E-state index >= 15 is 0 Å². The van der Waals surface area contributed by atoms with Gasteiger partial charge in [-0.15, -0.1) is 0 Å². The first-order chi connectivity index (χ1) is 14.2. The summed E-state index contributed by atoms with van der Waals surface area (Å²) in [4.78, 5) is 12.4. The highest BCUT2D eigenvalue weighted by atomic mass is 35.5. The summed E-state index contributed by atoms with van der Waals surface area (Å²) in [6.07, 6.45) is 0.917. The van der Waals surface area contributed by atoms with E-state index in [1.54, 1.807) is 12.1 Å². The molecule has 0 unspecified atom stereocenters. The maximum Gasteiger partial charge on any atom is 0.243 e. The molecule has 1 aliphatic carbocycles. The van der Waals surface area contributed by atoms with Gasteiger partial charge in [-0.1, -0.05) is 41.9 Å². The van der Waals surface area contributed by atoms with Crippen LogP contribution < -0.4 is 20.1 Å². The Morgan fingerprint density at radius 3 is 2.55 bits per heavy atom. The van der Waals surface area contributed by atoms with Crippen molar-refractivity contribution in [2.45, 2.75) is 6.42 Å². The quantitative estimate of drug-likeness (QED) is 0.514. The van der Waals surface area contributed by atoms with Gasteiger partial charge in [0.25, 0.3) is 0 Å². The molecule has 2 N–H and O–H groups in total. The maximum atomic E-state index is 12.4. The second-order valence-corrected chi connectivity index (χ2v) is 7.49. The Labute approximate surface area is 173 Å². The molecule has 3 aromatic carbocycles. The van der Waals surface area contributed by atoms with Crippen molar-refractivity contribution in [1.29, 1.82) is 0 Å². The Balaban J connectivity index is 1.24. The molecule has 2 aliphatic rings. The van der Waals surface area contributed by atoms with Gasteiger partial charge in [0, 0.05) is 17.8 Å². The van der Waals surface area contributed by atoms with Crippen molar-refractivity contribution >= 4 is 28.9 Å². The van der Waals surface area contributed by atoms with Crippen LogP contribution in [-0.4, -0.2) is 25.7 Å². The highest BCUT2D eigenvalue weighted by Crippen LogP contribution is 2.39. The zero-order valence-electron chi connectivity index (χ0n) is 15.6. The van der Waals surface area contributed by atoms with Gasteiger partial charge < -0.3 is 20.1 Å². The van der Waals surface area contributed by atoms with Gasteiger partial charge in [0.05, 0.1) is 17.3 Å². The summed E-state index contributed by atoms with van der Waals surface area (Å²) in [5.74, 6) is 0.992. The molecular formula is C23H19ClN2O3. The van der Waals surface area contributed by atoms with Crippen LogP contribution in [0.3, 0.4) is 0 Å². The number of anilines is 2. The lowest BCUT2D eigenvalue weighted by Gasteiger charge is -2.20. The van der Waals surface area contributed by atoms with Crippen LogP contribution in [0.15, 0.2) is 54.6 Å². The number of hydrogen-bond donors (Lipinski definition) is 2. The van der Waals surface area contributed by atoms with E-state index in [2.05, 4.69) is 47.0 Å². The minimum Gasteiger partial charge on any atom is -0.486 e. The summed E-state index contributed by atoms with van der Waals surface area (Å²) in [7, 11) is 0. The lowest BCUT2D eigenvalue weighted by molar-refractivity contribution is -0.114. The van der Waals surface area contributed by atoms with Crippen molar-refractivity contribution in [1.82, 2.24) is 0 Å². The van der Waals surface area contributed by atoms with Crippen LogP contribution in [0, 0.1) is 0 Å². The molecule has 0 aromatic heterocycles. The zero-order chi connectivity index (χ0) is 19.8. The Kier molecular flexibility index (Phi) is 4.52. The molecule has 0 atom stereocenters. The number of halogens is 1. The van der Waals surface area contributed by atoms with E-state index in [4.69, 9.17) is 21.1 Å². The van der Waals surface area contributed by atoms with Crippen molar-refractivity contribution in [3.63, 3.8) is 0 Å². The minimum absolute atomic E-state index is 0.135. The average molecular weight is 407 g/mol. The molecular weight excluding hydrogens is 388 g/mol. The standard InChI is InChI=1S/C23H19ClN2O3/c24-19-11-21-22(29-8-7-28-21)12-20(19)26-23(27)13-25-16-5-6-18-15(10-16)9-14-3-1-2-4-17(14)18/h1-6,10-12,25H,7-9,13H2,(H,26,27). The molecule has 146 valence electrons. The highest BCUT2D eigenvalue weighted by Gasteiger charge is 2.19. The van der Waals surface area contributed by atoms with Crippen molar-refractivity contribution in [3.05, 3.63) is 70.7 Å². The maximum absolute atomic E-state index is 12.4. The molecule has 0 fully saturated rings. The summed E-state index contributed by atoms with van der Waals surface area (Å²) in [5, 5.41) is 6.43. The van der Waals surface area contributed by atoms with E-state index in [1.165, 1.54) is 22.3 Å². The van der Waals surface area contributed by atoms with Gasteiger partial charge in [-0.25, -0.2) is 0 Å². The fourth-order valence-corrected chi connectivity index (χ4v) is 3.99. The minimum atomic E-state index is -0.188. The van der Waals surface area contributed by atoms with Gasteiger partial charge in [0.15, 0.2) is 11.5 Å². The second-order valence-electron chi connectivity index (χ2n) is 7.08. The predicted molar refractivity (Wildman–Crippen MR) is 114 cm³/mol. The van der Waals surface area contributed by atoms with E-state index in [-0.39, 0.29) is 12.5 Å². The van der Waals surface area contributed by atoms with Gasteiger partial charge in [-0.05, 0) is 40.8 Å². The number of carbonyl (C=O) groups is 1. The van der Waals surface area contributed by atoms with Crippen LogP contribution >= 0.6 is 11.6 Å². The van der Waals surface area contributed by atoms with Gasteiger partial charge >= 0.3 is 0 Å². The largest absolute Gasteiger partial charge is 0.486 e. The molecule has 0 bridgehead atoms. The van der Waals surface area contributed by atoms with E-state index < -0.39 is 0 Å². The lowest BCUT2D eigenvalue weighted by atomic mass is 10.1. The number of amides is 1. The number of hydrogen-bond acceptors (Lipinski definition) is 4. The summed E-state index contributed by atoms with van der Waals surface area (Å²) in [6, 6.07) is 18.0. The normalized spacial score (nSPS) is 13.4. The summed E-state index contributed by atoms with van der Waals surface area (Å²) >= 11 is 6.26. The number of ether oxygens (including phenoxy) is 2. The summed E-state index contributed by atoms with van der Waals surface area (Å²) < 4.78 is 11.0. The van der Waals surface area contributed by atoms with E-state index in [0.29, 0.717) is 35.4 Å². The Morgan fingerprint density at radius 2 is 1.69 bits per heavy atom. The van der Waals surface area contributed by atoms with E-state index in [9.17, 15) is 4.79 Å². The van der Waals surface area contributed by atoms with E-state index in [0.717, 1.165) is 12.1 Å². The van der Waals surface area contributed by atoms with Crippen LogP contribution in [-0.2, 0) is 11.2 Å². The van der Waals surface area contributed by atoms with Crippen molar-refractivity contribution < 1.29 is 14.3 Å². The third-order valence-corrected chi connectivity index (χ3v) is 5.47. The van der Waals surface area contributed by atoms with Crippen LogP contribution in [0.4, 0.5) is 11.4 Å². The number of benzene rings is 3. The predicted octanol–water partition coefficient (Wildman–Crippen LogP) is 4.73. The smallest absolute Gasteiger partial charge is 0.243 e. The van der Waals surface area contributed by atoms with Crippen LogP contribution in [0.1, 0.15) is 11.1 Å². The van der Waals surface area contributed by atoms with Gasteiger partial charge in [-0.3, -0.25) is 4.79 Å². The van der Waals surface area contributed by atoms with Crippen LogP contribution in [0.2, 0.25) is 5.02 Å². The molecule has 5 nitrogen and oxygen atoms in total. The Morgan fingerprint density at radius 1 is 0.931 bits per heavy atom. The van der Waals surface area contributed by atoms with Gasteiger partial charge in [-0.2, -0.15) is 0 Å². The third-order valence-electron chi connectivity index (χ3n) is 5.15. The molecule has 0 saturated heterocycles. The molecule has 29 heavy (non-hydrogen) atoms. The molecule has 1 amide bonds. The number of carbonyl (C=O) groups excluding carboxylic acids is 1. The molecule has 0 radical (unpaired) electrons. The third kappa shape index (κ3) is 3.49. The van der Waals surface area contributed by atoms with Gasteiger partial charge in [0.1, 0.15) is 13.2 Å². The van der Waals surface area contributed by atoms with Crippen LogP contribution in [0.5, 0.6) is 11.5 Å². The Hall–Kier alpha value is -3.18. The fraction of sp³-hybridized carbons (Fsp3) is 0.174. The monoisotopic (exact) mass is 406 g/mol. The first kappa shape index (κ1) is 17.9. The van der Waals surface area contributed by atoms with Gasteiger partial charge in [0.2, 0.25) is 5.91 Å². The first-order valence-electron chi connectivity index (χ1n) is 9.51. The molecule has 1 aliphatic heterocycles. The lowest BCUT2D eigenvalue weighted by Crippen LogP contribution is -2.22. The Bertz CT molecular complexity index is 1110. The SMILES string of the molecule is O=C(CNc1ccc2c(c1)Cc1ccccc1-2)Nc1cc2c(cc1Cl)OCCO2. The second kappa shape index (κ2) is 7.33. The summed E-state index contributed by atoms with van der Waals surface area (Å²) in [5.41, 5.74) is 6.59. The van der Waals surface area contributed by atoms with Crippen molar-refractivity contribution in [3.8, 4) is 22.6 Å². The zero-order valence-corrected chi connectivity index (χ0v) is 16.4. The number of nitrogens with one attached hydrogen (secondary N) is 2. The number of fused-ring (bicyclic) bond motifs is 4. The topological polar surface area (TPSA) is 59.6 Å². The molecule has 0 saturated carbocycles. The molecule has 1 heterocycles. The summed E-state index contributed by atoms with van der Waals surface area (Å²) in [6.45, 7) is 1.10. The van der Waals surface area contributed by atoms with Crippen molar-refractivity contribution in [2.24, 2.45) is 0 Å². The molecule has 3 aromatic rings. The van der Waals surface area contributed by atoms with E-state index in [1.807, 2.05) is 6.07 Å². The van der Waals surface area contributed by atoms with Crippen LogP contribution in [0.25, 0.3) is 11.1 Å². The first-order valence-corrected chi connectivity index (χ1v) is 9.89. The fourth-order valence-electron chi connectivity index (χ4n) is 3.79. The molecule has 0 spiro atoms. The number of rotatable bonds is 4. The molecule has 5 rings (SSSR count). The molecule has 6 heteroatoms.